The molecule has 0 radical (unpaired) electrons. The molecule has 0 rings (SSSR count). The standard InChI is InChI=1S/C9H21S.F6P/c1-4-6-8-10(3)9-7-5-2;1-7(2,3,4,5)6/h4-9H2,1-3H3;/q+1;-1. The molecular formula is C9H21F6PS. The molecule has 0 bridgehead atoms. The summed E-state index contributed by atoms with van der Waals surface area (Å²) in [5, 5.41) is 0. The van der Waals surface area contributed by atoms with Crippen LogP contribution in [0.15, 0.2) is 0 Å². The molecule has 0 nitrogen and oxygen atoms in total. The van der Waals surface area contributed by atoms with Gasteiger partial charge < -0.3 is 0 Å². The molecular weight excluding hydrogens is 285 g/mol. The van der Waals surface area contributed by atoms with E-state index >= 15 is 0 Å². The van der Waals surface area contributed by atoms with Gasteiger partial charge in [0.15, 0.2) is 0 Å². The van der Waals surface area contributed by atoms with Crippen LogP contribution in [0.4, 0.5) is 25.2 Å². The molecule has 0 fully saturated rings. The fourth-order valence-corrected chi connectivity index (χ4v) is 2.65. The van der Waals surface area contributed by atoms with E-state index in [2.05, 4.69) is 20.1 Å². The van der Waals surface area contributed by atoms with Crippen LogP contribution < -0.4 is 0 Å². The topological polar surface area (TPSA) is 0 Å². The van der Waals surface area contributed by atoms with Crippen molar-refractivity contribution in [3.05, 3.63) is 0 Å². The first-order valence-electron chi connectivity index (χ1n) is 5.41. The second-order valence-electron chi connectivity index (χ2n) is 3.86. The van der Waals surface area contributed by atoms with E-state index in [0.29, 0.717) is 0 Å². The van der Waals surface area contributed by atoms with Crippen LogP contribution in [-0.4, -0.2) is 17.8 Å². The zero-order chi connectivity index (χ0) is 14.2. The van der Waals surface area contributed by atoms with Crippen LogP contribution in [0.5, 0.6) is 0 Å². The molecule has 0 amide bonds. The Hall–Kier alpha value is 0.360. The molecule has 8 heteroatoms. The van der Waals surface area contributed by atoms with Crippen molar-refractivity contribution in [2.75, 3.05) is 17.8 Å². The summed E-state index contributed by atoms with van der Waals surface area (Å²) in [6, 6.07) is 0. The van der Waals surface area contributed by atoms with Crippen molar-refractivity contribution in [2.24, 2.45) is 0 Å². The van der Waals surface area contributed by atoms with E-state index in [1.165, 1.54) is 37.2 Å². The molecule has 0 aliphatic carbocycles. The van der Waals surface area contributed by atoms with E-state index in [4.69, 9.17) is 0 Å². The van der Waals surface area contributed by atoms with Gasteiger partial charge in [-0.05, 0) is 23.7 Å². The summed E-state index contributed by atoms with van der Waals surface area (Å²) >= 11 is 0. The van der Waals surface area contributed by atoms with Crippen LogP contribution in [0.2, 0.25) is 0 Å². The van der Waals surface area contributed by atoms with Gasteiger partial charge in [0.25, 0.3) is 0 Å². The molecule has 0 heterocycles. The predicted octanol–water partition coefficient (Wildman–Crippen LogP) is 6.22. The van der Waals surface area contributed by atoms with Crippen LogP contribution in [0.1, 0.15) is 39.5 Å². The second-order valence-corrected chi connectivity index (χ2v) is 8.15. The van der Waals surface area contributed by atoms with Crippen LogP contribution in [0.25, 0.3) is 0 Å². The molecule has 110 valence electrons. The summed E-state index contributed by atoms with van der Waals surface area (Å²) < 4.78 is 59.2. The number of rotatable bonds is 6. The molecule has 0 aromatic rings. The predicted molar refractivity (Wildman–Crippen MR) is 66.4 cm³/mol. The first-order chi connectivity index (χ1) is 7.26. The van der Waals surface area contributed by atoms with Gasteiger partial charge in [-0.3, -0.25) is 0 Å². The maximum absolute atomic E-state index is 10.7. The number of hydrogen-bond donors (Lipinski definition) is 0. The van der Waals surface area contributed by atoms with Gasteiger partial charge in [0.2, 0.25) is 0 Å². The Morgan fingerprint density at radius 3 is 1.18 bits per heavy atom. The zero-order valence-corrected chi connectivity index (χ0v) is 12.1. The summed E-state index contributed by atoms with van der Waals surface area (Å²) in [5.41, 5.74) is 0. The van der Waals surface area contributed by atoms with Gasteiger partial charge in [-0.25, -0.2) is 0 Å². The SMILES string of the molecule is CCCC[S+](C)CCCC.F[P-](F)(F)(F)(F)F. The van der Waals surface area contributed by atoms with Gasteiger partial charge in [-0.2, -0.15) is 0 Å². The molecule has 0 saturated heterocycles. The van der Waals surface area contributed by atoms with E-state index in [0.717, 1.165) is 10.9 Å². The summed E-state index contributed by atoms with van der Waals surface area (Å²) in [7, 11) is -9.93. The van der Waals surface area contributed by atoms with Crippen LogP contribution in [0, 0.1) is 0 Å². The Morgan fingerprint density at radius 2 is 1.00 bits per heavy atom. The third kappa shape index (κ3) is 48.3. The van der Waals surface area contributed by atoms with E-state index in [9.17, 15) is 25.2 Å². The minimum absolute atomic E-state index is 0.730. The Morgan fingerprint density at radius 1 is 0.765 bits per heavy atom. The third-order valence-corrected chi connectivity index (χ3v) is 3.66. The van der Waals surface area contributed by atoms with Crippen molar-refractivity contribution in [1.29, 1.82) is 0 Å². The van der Waals surface area contributed by atoms with Crippen molar-refractivity contribution in [3.8, 4) is 0 Å². The third-order valence-electron chi connectivity index (χ3n) is 1.69. The van der Waals surface area contributed by atoms with Gasteiger partial charge >= 0.3 is 33.0 Å². The molecule has 0 N–H and O–H groups in total. The van der Waals surface area contributed by atoms with Crippen LogP contribution >= 0.6 is 7.81 Å². The van der Waals surface area contributed by atoms with Crippen molar-refractivity contribution in [3.63, 3.8) is 0 Å². The Kier molecular flexibility index (Phi) is 7.54. The van der Waals surface area contributed by atoms with Gasteiger partial charge in [-0.15, -0.1) is 0 Å². The van der Waals surface area contributed by atoms with Crippen molar-refractivity contribution >= 4 is 18.7 Å². The average molecular weight is 306 g/mol. The molecule has 0 unspecified atom stereocenters. The molecule has 0 aromatic heterocycles. The molecule has 0 aliphatic rings. The van der Waals surface area contributed by atoms with Crippen molar-refractivity contribution in [2.45, 2.75) is 39.5 Å². The van der Waals surface area contributed by atoms with Gasteiger partial charge in [0.05, 0.1) is 6.26 Å². The zero-order valence-electron chi connectivity index (χ0n) is 10.4. The molecule has 0 aromatic carbocycles. The summed E-state index contributed by atoms with van der Waals surface area (Å²) in [4.78, 5) is 0. The number of unbranched alkanes of at least 4 members (excludes halogenated alkanes) is 2. The van der Waals surface area contributed by atoms with E-state index in [-0.39, 0.29) is 0 Å². The second kappa shape index (κ2) is 6.50. The molecule has 0 saturated carbocycles. The molecule has 0 aliphatic heterocycles. The van der Waals surface area contributed by atoms with Crippen LogP contribution in [0.3, 0.4) is 0 Å². The van der Waals surface area contributed by atoms with Crippen LogP contribution in [-0.2, 0) is 10.9 Å². The summed E-state index contributed by atoms with van der Waals surface area (Å²) in [6.07, 6.45) is 8.00. The fourth-order valence-electron chi connectivity index (χ4n) is 0.884. The molecule has 0 spiro atoms. The monoisotopic (exact) mass is 306 g/mol. The van der Waals surface area contributed by atoms with E-state index < -0.39 is 7.81 Å². The summed E-state index contributed by atoms with van der Waals surface area (Å²) in [5.74, 6) is 2.94. The quantitative estimate of drug-likeness (QED) is 0.310. The first-order valence-corrected chi connectivity index (χ1v) is 9.41. The van der Waals surface area contributed by atoms with Gasteiger partial charge in [0, 0.05) is 0 Å². The Labute approximate surface area is 102 Å². The van der Waals surface area contributed by atoms with Gasteiger partial charge in [0.1, 0.15) is 11.5 Å². The Balaban J connectivity index is 0. The van der Waals surface area contributed by atoms with E-state index in [1.807, 2.05) is 0 Å². The number of halogens is 6. The first kappa shape index (κ1) is 19.7. The molecule has 0 atom stereocenters. The minimum atomic E-state index is -10.7. The molecule has 17 heavy (non-hydrogen) atoms. The average Bonchev–Trinajstić information content (AvgIpc) is 2.06. The summed E-state index contributed by atoms with van der Waals surface area (Å²) in [6.45, 7) is 4.55. The van der Waals surface area contributed by atoms with Crippen molar-refractivity contribution < 1.29 is 25.2 Å². The van der Waals surface area contributed by atoms with Gasteiger partial charge in [-0.1, -0.05) is 26.7 Å². The maximum atomic E-state index is 9.87. The normalized spacial score (nSPS) is 15.9. The fraction of sp³-hybridized carbons (Fsp3) is 1.00. The van der Waals surface area contributed by atoms with Crippen molar-refractivity contribution in [1.82, 2.24) is 0 Å². The van der Waals surface area contributed by atoms with E-state index in [1.54, 1.807) is 0 Å². The number of hydrogen-bond acceptors (Lipinski definition) is 0. The Bertz CT molecular complexity index is 179.